The summed E-state index contributed by atoms with van der Waals surface area (Å²) in [6.45, 7) is 1.93. The van der Waals surface area contributed by atoms with Gasteiger partial charge in [-0.25, -0.2) is 4.98 Å². The molecule has 1 atom stereocenters. The largest absolute Gasteiger partial charge is 0.497 e. The molecule has 17 heavy (non-hydrogen) atoms. The van der Waals surface area contributed by atoms with Crippen LogP contribution < -0.4 is 4.74 Å². The fourth-order valence-electron chi connectivity index (χ4n) is 1.49. The molecule has 4 heteroatoms. The summed E-state index contributed by atoms with van der Waals surface area (Å²) in [6, 6.07) is 7.51. The second kappa shape index (κ2) is 5.01. The van der Waals surface area contributed by atoms with Crippen LogP contribution in [0.2, 0.25) is 0 Å². The van der Waals surface area contributed by atoms with E-state index in [2.05, 4.69) is 4.98 Å². The van der Waals surface area contributed by atoms with Crippen molar-refractivity contribution in [2.24, 2.45) is 0 Å². The van der Waals surface area contributed by atoms with E-state index in [1.807, 2.05) is 31.2 Å². The first-order chi connectivity index (χ1) is 8.24. The second-order valence-corrected chi connectivity index (χ2v) is 3.88. The van der Waals surface area contributed by atoms with Crippen LogP contribution in [0.1, 0.15) is 18.6 Å². The van der Waals surface area contributed by atoms with E-state index in [0.717, 1.165) is 11.3 Å². The van der Waals surface area contributed by atoms with Crippen LogP contribution in [-0.2, 0) is 0 Å². The van der Waals surface area contributed by atoms with E-state index in [9.17, 15) is 0 Å². The zero-order chi connectivity index (χ0) is 12.3. The maximum Gasteiger partial charge on any atom is 0.226 e. The van der Waals surface area contributed by atoms with Crippen LogP contribution in [0.15, 0.2) is 34.9 Å². The van der Waals surface area contributed by atoms with Crippen LogP contribution in [0.25, 0.3) is 11.5 Å². The number of aliphatic hydroxyl groups excluding tert-OH is 1. The smallest absolute Gasteiger partial charge is 0.226 e. The molecule has 0 amide bonds. The Hall–Kier alpha value is -1.81. The van der Waals surface area contributed by atoms with Crippen molar-refractivity contribution in [1.29, 1.82) is 0 Å². The molecule has 0 saturated carbocycles. The Kier molecular flexibility index (Phi) is 3.44. The second-order valence-electron chi connectivity index (χ2n) is 3.88. The maximum atomic E-state index is 9.04. The van der Waals surface area contributed by atoms with Crippen molar-refractivity contribution in [3.8, 4) is 17.2 Å². The zero-order valence-electron chi connectivity index (χ0n) is 9.88. The average molecular weight is 233 g/mol. The summed E-state index contributed by atoms with van der Waals surface area (Å²) < 4.78 is 10.7. The number of oxazole rings is 1. The van der Waals surface area contributed by atoms with E-state index in [-0.39, 0.29) is 12.5 Å². The lowest BCUT2D eigenvalue weighted by Crippen LogP contribution is -1.96. The highest BCUT2D eigenvalue weighted by Crippen LogP contribution is 2.25. The lowest BCUT2D eigenvalue weighted by Gasteiger charge is -2.02. The summed E-state index contributed by atoms with van der Waals surface area (Å²) >= 11 is 0. The van der Waals surface area contributed by atoms with Crippen molar-refractivity contribution in [3.63, 3.8) is 0 Å². The van der Waals surface area contributed by atoms with Crippen LogP contribution in [0.4, 0.5) is 0 Å². The highest BCUT2D eigenvalue weighted by Gasteiger charge is 2.12. The lowest BCUT2D eigenvalue weighted by atomic mass is 10.1. The minimum atomic E-state index is -0.0399. The normalized spacial score (nSPS) is 12.4. The molecule has 0 aliphatic carbocycles. The van der Waals surface area contributed by atoms with Gasteiger partial charge in [-0.2, -0.15) is 0 Å². The summed E-state index contributed by atoms with van der Waals surface area (Å²) in [4.78, 5) is 4.20. The van der Waals surface area contributed by atoms with Gasteiger partial charge in [-0.1, -0.05) is 13.0 Å². The van der Waals surface area contributed by atoms with E-state index >= 15 is 0 Å². The highest BCUT2D eigenvalue weighted by atomic mass is 16.5. The zero-order valence-corrected chi connectivity index (χ0v) is 9.88. The Bertz CT molecular complexity index is 493. The molecule has 90 valence electrons. The minimum Gasteiger partial charge on any atom is -0.497 e. The molecule has 1 unspecified atom stereocenters. The molecule has 1 aromatic heterocycles. The molecular weight excluding hydrogens is 218 g/mol. The van der Waals surface area contributed by atoms with Gasteiger partial charge in [-0.05, 0) is 18.2 Å². The van der Waals surface area contributed by atoms with Crippen molar-refractivity contribution in [2.75, 3.05) is 13.7 Å². The summed E-state index contributed by atoms with van der Waals surface area (Å²) in [5, 5.41) is 9.04. The number of methoxy groups -OCH3 is 1. The Morgan fingerprint density at radius 3 is 3.00 bits per heavy atom. The number of hydrogen-bond acceptors (Lipinski definition) is 4. The van der Waals surface area contributed by atoms with Crippen LogP contribution >= 0.6 is 0 Å². The number of benzene rings is 1. The van der Waals surface area contributed by atoms with Crippen LogP contribution in [0.5, 0.6) is 5.75 Å². The third kappa shape index (κ3) is 2.47. The molecule has 0 bridgehead atoms. The molecule has 0 fully saturated rings. The Morgan fingerprint density at radius 1 is 1.47 bits per heavy atom. The van der Waals surface area contributed by atoms with E-state index in [0.29, 0.717) is 11.7 Å². The molecular formula is C13H15NO3. The number of hydrogen-bond donors (Lipinski definition) is 1. The summed E-state index contributed by atoms with van der Waals surface area (Å²) in [5.74, 6) is 1.95. The molecule has 0 spiro atoms. The van der Waals surface area contributed by atoms with Crippen molar-refractivity contribution in [2.45, 2.75) is 12.8 Å². The van der Waals surface area contributed by atoms with Crippen LogP contribution in [-0.4, -0.2) is 23.8 Å². The fourth-order valence-corrected chi connectivity index (χ4v) is 1.49. The molecule has 2 rings (SSSR count). The van der Waals surface area contributed by atoms with Crippen molar-refractivity contribution in [3.05, 3.63) is 36.2 Å². The third-order valence-corrected chi connectivity index (χ3v) is 2.60. The van der Waals surface area contributed by atoms with E-state index in [1.165, 1.54) is 0 Å². The Morgan fingerprint density at radius 2 is 2.29 bits per heavy atom. The predicted molar refractivity (Wildman–Crippen MR) is 64.0 cm³/mol. The number of rotatable bonds is 4. The monoisotopic (exact) mass is 233 g/mol. The summed E-state index contributed by atoms with van der Waals surface area (Å²) in [6.07, 6.45) is 1.65. The van der Waals surface area contributed by atoms with Gasteiger partial charge in [0.05, 0.1) is 19.9 Å². The number of aromatic nitrogens is 1. The Labute approximate surface area is 99.9 Å². The first-order valence-corrected chi connectivity index (χ1v) is 5.45. The van der Waals surface area contributed by atoms with Crippen molar-refractivity contribution in [1.82, 2.24) is 4.98 Å². The first kappa shape index (κ1) is 11.7. The molecule has 0 saturated heterocycles. The molecule has 0 aliphatic rings. The van der Waals surface area contributed by atoms with Gasteiger partial charge in [-0.3, -0.25) is 0 Å². The third-order valence-electron chi connectivity index (χ3n) is 2.60. The first-order valence-electron chi connectivity index (χ1n) is 5.45. The van der Waals surface area contributed by atoms with Crippen molar-refractivity contribution < 1.29 is 14.3 Å². The van der Waals surface area contributed by atoms with Gasteiger partial charge in [0.1, 0.15) is 11.5 Å². The standard InChI is InChI=1S/C13H15NO3/c1-9(8-15)12-7-14-13(17-12)10-4-3-5-11(6-10)16-2/h3-7,9,15H,8H2,1-2H3. The average Bonchev–Trinajstić information content (AvgIpc) is 2.87. The van der Waals surface area contributed by atoms with Gasteiger partial charge in [0.25, 0.3) is 0 Å². The van der Waals surface area contributed by atoms with Gasteiger partial charge in [-0.15, -0.1) is 0 Å². The number of nitrogens with zero attached hydrogens (tertiary/aromatic N) is 1. The minimum absolute atomic E-state index is 0.0399. The van der Waals surface area contributed by atoms with Gasteiger partial charge in [0, 0.05) is 11.5 Å². The van der Waals surface area contributed by atoms with Gasteiger partial charge in [0.15, 0.2) is 0 Å². The topological polar surface area (TPSA) is 55.5 Å². The molecule has 0 radical (unpaired) electrons. The SMILES string of the molecule is COc1cccc(-c2ncc(C(C)CO)o2)c1. The fraction of sp³-hybridized carbons (Fsp3) is 0.308. The maximum absolute atomic E-state index is 9.04. The van der Waals surface area contributed by atoms with Gasteiger partial charge in [0.2, 0.25) is 5.89 Å². The number of ether oxygens (including phenoxy) is 1. The highest BCUT2D eigenvalue weighted by molar-refractivity contribution is 5.55. The van der Waals surface area contributed by atoms with E-state index < -0.39 is 0 Å². The van der Waals surface area contributed by atoms with Crippen molar-refractivity contribution >= 4 is 0 Å². The van der Waals surface area contributed by atoms with E-state index in [1.54, 1.807) is 13.3 Å². The molecule has 0 aliphatic heterocycles. The lowest BCUT2D eigenvalue weighted by molar-refractivity contribution is 0.258. The van der Waals surface area contributed by atoms with Gasteiger partial charge < -0.3 is 14.3 Å². The van der Waals surface area contributed by atoms with Crippen LogP contribution in [0, 0.1) is 0 Å². The van der Waals surface area contributed by atoms with Crippen LogP contribution in [0.3, 0.4) is 0 Å². The molecule has 4 nitrogen and oxygen atoms in total. The predicted octanol–water partition coefficient (Wildman–Crippen LogP) is 2.45. The quantitative estimate of drug-likeness (QED) is 0.881. The number of aliphatic hydroxyl groups is 1. The van der Waals surface area contributed by atoms with E-state index in [4.69, 9.17) is 14.3 Å². The molecule has 1 aromatic carbocycles. The Balaban J connectivity index is 2.30. The van der Waals surface area contributed by atoms with Gasteiger partial charge >= 0.3 is 0 Å². The summed E-state index contributed by atoms with van der Waals surface area (Å²) in [7, 11) is 1.62. The molecule has 1 heterocycles. The summed E-state index contributed by atoms with van der Waals surface area (Å²) in [5.41, 5.74) is 0.862. The molecule has 2 aromatic rings. The molecule has 1 N–H and O–H groups in total.